The van der Waals surface area contributed by atoms with Crippen LogP contribution in [0.4, 0.5) is 4.79 Å². The van der Waals surface area contributed by atoms with Crippen LogP contribution in [0.15, 0.2) is 54.6 Å². The molecule has 0 saturated carbocycles. The Bertz CT molecular complexity index is 681. The third-order valence-electron chi connectivity index (χ3n) is 2.79. The van der Waals surface area contributed by atoms with Gasteiger partial charge in [0.2, 0.25) is 0 Å². The maximum absolute atomic E-state index is 12.2. The fourth-order valence-electron chi connectivity index (χ4n) is 1.78. The Labute approximate surface area is 126 Å². The van der Waals surface area contributed by atoms with Crippen molar-refractivity contribution in [1.29, 1.82) is 0 Å². The van der Waals surface area contributed by atoms with Gasteiger partial charge in [-0.25, -0.2) is 4.79 Å². The monoisotopic (exact) mass is 298 g/mol. The molecule has 0 atom stereocenters. The molecule has 0 heterocycles. The van der Waals surface area contributed by atoms with Crippen molar-refractivity contribution >= 4 is 17.7 Å². The van der Waals surface area contributed by atoms with E-state index in [1.807, 2.05) is 11.4 Å². The van der Waals surface area contributed by atoms with E-state index in [0.717, 1.165) is 0 Å². The lowest BCUT2D eigenvalue weighted by atomic mass is 10.0. The molecule has 112 valence electrons. The number of hydrogen-bond acceptors (Lipinski definition) is 4. The van der Waals surface area contributed by atoms with Gasteiger partial charge in [0, 0.05) is 11.1 Å². The van der Waals surface area contributed by atoms with Gasteiger partial charge in [0.25, 0.3) is 5.91 Å². The predicted octanol–water partition coefficient (Wildman–Crippen LogP) is 1.49. The number of imide groups is 1. The van der Waals surface area contributed by atoms with Crippen LogP contribution < -0.4 is 15.8 Å². The zero-order chi connectivity index (χ0) is 15.9. The van der Waals surface area contributed by atoms with E-state index in [1.165, 1.54) is 0 Å². The Balaban J connectivity index is 1.97. The van der Waals surface area contributed by atoms with Crippen LogP contribution in [-0.2, 0) is 4.79 Å². The third kappa shape index (κ3) is 4.17. The number of carbonyl (C=O) groups is 3. The summed E-state index contributed by atoms with van der Waals surface area (Å²) in [6, 6.07) is 14.3. The van der Waals surface area contributed by atoms with Crippen LogP contribution in [0, 0.1) is 0 Å². The second kappa shape index (κ2) is 7.03. The molecule has 0 saturated heterocycles. The van der Waals surface area contributed by atoms with Crippen LogP contribution in [0.5, 0.6) is 5.75 Å². The van der Waals surface area contributed by atoms with Gasteiger partial charge in [-0.15, -0.1) is 0 Å². The number of carbonyl (C=O) groups excluding carboxylic acids is 3. The number of primary amides is 1. The molecule has 0 aliphatic carbocycles. The van der Waals surface area contributed by atoms with E-state index in [9.17, 15) is 14.4 Å². The van der Waals surface area contributed by atoms with Crippen LogP contribution in [0.3, 0.4) is 0 Å². The molecule has 2 aromatic rings. The highest BCUT2D eigenvalue weighted by Crippen LogP contribution is 2.15. The van der Waals surface area contributed by atoms with Gasteiger partial charge in [-0.1, -0.05) is 30.3 Å². The first-order chi connectivity index (χ1) is 10.6. The van der Waals surface area contributed by atoms with Crippen molar-refractivity contribution in [2.24, 2.45) is 5.73 Å². The van der Waals surface area contributed by atoms with Crippen molar-refractivity contribution in [3.63, 3.8) is 0 Å². The number of nitrogens with one attached hydrogen (secondary N) is 1. The van der Waals surface area contributed by atoms with Gasteiger partial charge in [-0.05, 0) is 24.3 Å². The number of nitrogens with two attached hydrogens (primary N) is 1. The maximum Gasteiger partial charge on any atom is 0.318 e. The highest BCUT2D eigenvalue weighted by molar-refractivity contribution is 6.09. The zero-order valence-electron chi connectivity index (χ0n) is 11.6. The number of urea groups is 1. The van der Waals surface area contributed by atoms with Crippen LogP contribution >= 0.6 is 0 Å². The fraction of sp³-hybridized carbons (Fsp3) is 0.0625. The second-order valence-corrected chi connectivity index (χ2v) is 4.42. The first kappa shape index (κ1) is 15.2. The van der Waals surface area contributed by atoms with Gasteiger partial charge in [-0.3, -0.25) is 14.9 Å². The highest BCUT2D eigenvalue weighted by atomic mass is 16.5. The third-order valence-corrected chi connectivity index (χ3v) is 2.79. The number of hydrogen-bond donors (Lipinski definition) is 2. The lowest BCUT2D eigenvalue weighted by Gasteiger charge is -2.06. The summed E-state index contributed by atoms with van der Waals surface area (Å²) in [5.74, 6) is -0.334. The van der Waals surface area contributed by atoms with Gasteiger partial charge in [-0.2, -0.15) is 0 Å². The largest absolute Gasteiger partial charge is 0.484 e. The molecule has 0 spiro atoms. The van der Waals surface area contributed by atoms with Crippen molar-refractivity contribution in [2.45, 2.75) is 0 Å². The molecule has 3 N–H and O–H groups in total. The number of rotatable bonds is 5. The molecular formula is C16H14N2O4. The SMILES string of the molecule is NC(=O)NC(=O)COc1ccc(C(=O)c2ccccc2)cc1. The Morgan fingerprint density at radius 1 is 0.909 bits per heavy atom. The van der Waals surface area contributed by atoms with Crippen molar-refractivity contribution in [3.8, 4) is 5.75 Å². The van der Waals surface area contributed by atoms with E-state index < -0.39 is 11.9 Å². The molecule has 6 heteroatoms. The molecule has 6 nitrogen and oxygen atoms in total. The summed E-state index contributed by atoms with van der Waals surface area (Å²) in [6.07, 6.45) is 0. The number of ether oxygens (including phenoxy) is 1. The summed E-state index contributed by atoms with van der Waals surface area (Å²) < 4.78 is 5.18. The van der Waals surface area contributed by atoms with Crippen molar-refractivity contribution in [3.05, 3.63) is 65.7 Å². The molecule has 0 radical (unpaired) electrons. The molecule has 0 aliphatic rings. The minimum Gasteiger partial charge on any atom is -0.484 e. The van der Waals surface area contributed by atoms with Crippen LogP contribution in [0.1, 0.15) is 15.9 Å². The molecule has 0 bridgehead atoms. The zero-order valence-corrected chi connectivity index (χ0v) is 11.6. The van der Waals surface area contributed by atoms with Crippen molar-refractivity contribution < 1.29 is 19.1 Å². The second-order valence-electron chi connectivity index (χ2n) is 4.42. The van der Waals surface area contributed by atoms with E-state index >= 15 is 0 Å². The fourth-order valence-corrected chi connectivity index (χ4v) is 1.78. The summed E-state index contributed by atoms with van der Waals surface area (Å²) in [6.45, 7) is -0.338. The molecule has 0 fully saturated rings. The summed E-state index contributed by atoms with van der Waals surface area (Å²) in [5, 5.41) is 1.88. The molecule has 2 rings (SSSR count). The molecule has 0 aromatic heterocycles. The van der Waals surface area contributed by atoms with Crippen molar-refractivity contribution in [2.75, 3.05) is 6.61 Å². The minimum atomic E-state index is -0.933. The molecule has 22 heavy (non-hydrogen) atoms. The molecule has 0 unspecified atom stereocenters. The minimum absolute atomic E-state index is 0.0985. The van der Waals surface area contributed by atoms with Gasteiger partial charge in [0.05, 0.1) is 0 Å². The quantitative estimate of drug-likeness (QED) is 0.817. The van der Waals surface area contributed by atoms with E-state index in [0.29, 0.717) is 16.9 Å². The smallest absolute Gasteiger partial charge is 0.318 e. The van der Waals surface area contributed by atoms with Gasteiger partial charge in [0.15, 0.2) is 12.4 Å². The number of ketones is 1. The summed E-state index contributed by atoms with van der Waals surface area (Å²) in [4.78, 5) is 33.9. The van der Waals surface area contributed by atoms with Crippen molar-refractivity contribution in [1.82, 2.24) is 5.32 Å². The van der Waals surface area contributed by atoms with Gasteiger partial charge >= 0.3 is 6.03 Å². The Kier molecular flexibility index (Phi) is 4.87. The molecule has 3 amide bonds. The van der Waals surface area contributed by atoms with E-state index in [-0.39, 0.29) is 12.4 Å². The highest BCUT2D eigenvalue weighted by Gasteiger charge is 2.09. The van der Waals surface area contributed by atoms with Crippen LogP contribution in [0.2, 0.25) is 0 Å². The first-order valence-corrected chi connectivity index (χ1v) is 6.48. The molecular weight excluding hydrogens is 284 g/mol. The summed E-state index contributed by atoms with van der Waals surface area (Å²) in [7, 11) is 0. The van der Waals surface area contributed by atoms with Crippen LogP contribution in [0.25, 0.3) is 0 Å². The first-order valence-electron chi connectivity index (χ1n) is 6.48. The van der Waals surface area contributed by atoms with E-state index in [1.54, 1.807) is 48.5 Å². The average molecular weight is 298 g/mol. The predicted molar refractivity (Wildman–Crippen MR) is 79.5 cm³/mol. The lowest BCUT2D eigenvalue weighted by molar-refractivity contribution is -0.121. The van der Waals surface area contributed by atoms with E-state index in [2.05, 4.69) is 0 Å². The van der Waals surface area contributed by atoms with Gasteiger partial charge in [0.1, 0.15) is 5.75 Å². The lowest BCUT2D eigenvalue weighted by Crippen LogP contribution is -2.38. The molecule has 2 aromatic carbocycles. The maximum atomic E-state index is 12.2. The Morgan fingerprint density at radius 3 is 2.09 bits per heavy atom. The topological polar surface area (TPSA) is 98.5 Å². The summed E-state index contributed by atoms with van der Waals surface area (Å²) in [5.41, 5.74) is 5.92. The van der Waals surface area contributed by atoms with E-state index in [4.69, 9.17) is 10.5 Å². The Hall–Kier alpha value is -3.15. The summed E-state index contributed by atoms with van der Waals surface area (Å²) >= 11 is 0. The van der Waals surface area contributed by atoms with Crippen LogP contribution in [-0.4, -0.2) is 24.3 Å². The number of benzene rings is 2. The standard InChI is InChI=1S/C16H14N2O4/c17-16(21)18-14(19)10-22-13-8-6-12(7-9-13)15(20)11-4-2-1-3-5-11/h1-9H,10H2,(H3,17,18,19,21). The van der Waals surface area contributed by atoms with Gasteiger partial charge < -0.3 is 10.5 Å². The molecule has 0 aliphatic heterocycles. The normalized spacial score (nSPS) is 9.82. The Morgan fingerprint density at radius 2 is 1.50 bits per heavy atom. The number of amides is 3. The average Bonchev–Trinajstić information content (AvgIpc) is 2.53.